The van der Waals surface area contributed by atoms with E-state index in [1.807, 2.05) is 19.2 Å². The molecule has 0 radical (unpaired) electrons. The van der Waals surface area contributed by atoms with Gasteiger partial charge in [0, 0.05) is 10.5 Å². The van der Waals surface area contributed by atoms with Crippen molar-refractivity contribution >= 4 is 27.5 Å². The highest BCUT2D eigenvalue weighted by molar-refractivity contribution is 9.10. The van der Waals surface area contributed by atoms with Crippen LogP contribution in [0.1, 0.15) is 29.1 Å². The van der Waals surface area contributed by atoms with Crippen LogP contribution in [-0.2, 0) is 12.8 Å². The maximum atomic E-state index is 5.30. The number of nitrogens with zero attached hydrogens (tertiary/aromatic N) is 2. The molecule has 1 aromatic heterocycles. The predicted octanol–water partition coefficient (Wildman–Crippen LogP) is 3.37. The van der Waals surface area contributed by atoms with Crippen LogP contribution in [0.2, 0.25) is 0 Å². The van der Waals surface area contributed by atoms with Gasteiger partial charge in [0.15, 0.2) is 0 Å². The summed E-state index contributed by atoms with van der Waals surface area (Å²) in [6, 6.07) is 6.25. The summed E-state index contributed by atoms with van der Waals surface area (Å²) in [6.45, 7) is 2.11. The van der Waals surface area contributed by atoms with Crippen LogP contribution in [0.5, 0.6) is 5.75 Å². The number of methoxy groups -OCH3 is 1. The highest BCUT2D eigenvalue weighted by Crippen LogP contribution is 2.29. The zero-order valence-electron chi connectivity index (χ0n) is 11.8. The van der Waals surface area contributed by atoms with E-state index in [9.17, 15) is 0 Å². The summed E-state index contributed by atoms with van der Waals surface area (Å²) in [4.78, 5) is 1.21. The Morgan fingerprint density at radius 1 is 1.45 bits per heavy atom. The molecule has 0 aliphatic rings. The number of ether oxygens (including phenoxy) is 1. The molecule has 0 spiro atoms. The summed E-state index contributed by atoms with van der Waals surface area (Å²) in [5, 5.41) is 7.55. The number of hydrogen-bond donors (Lipinski definition) is 1. The van der Waals surface area contributed by atoms with Gasteiger partial charge in [0.05, 0.1) is 17.7 Å². The molecule has 6 heteroatoms. The van der Waals surface area contributed by atoms with Gasteiger partial charge >= 0.3 is 0 Å². The molecule has 1 heterocycles. The van der Waals surface area contributed by atoms with Crippen molar-refractivity contribution in [3.8, 4) is 5.75 Å². The zero-order valence-corrected chi connectivity index (χ0v) is 14.2. The van der Waals surface area contributed by atoms with Crippen molar-refractivity contribution < 1.29 is 4.74 Å². The van der Waals surface area contributed by atoms with Gasteiger partial charge in [-0.3, -0.25) is 0 Å². The molecule has 1 N–H and O–H groups in total. The summed E-state index contributed by atoms with van der Waals surface area (Å²) < 4.78 is 10.5. The molecule has 0 amide bonds. The second-order valence-electron chi connectivity index (χ2n) is 4.44. The molecule has 0 aliphatic carbocycles. The first-order valence-corrected chi connectivity index (χ1v) is 8.07. The normalized spacial score (nSPS) is 12.4. The minimum atomic E-state index is 0.216. The average molecular weight is 356 g/mol. The number of benzene rings is 1. The summed E-state index contributed by atoms with van der Waals surface area (Å²) in [7, 11) is 3.66. The van der Waals surface area contributed by atoms with Crippen LogP contribution < -0.4 is 10.1 Å². The van der Waals surface area contributed by atoms with Crippen LogP contribution in [0.15, 0.2) is 22.7 Å². The Kier molecular flexibility index (Phi) is 5.51. The van der Waals surface area contributed by atoms with Gasteiger partial charge in [0.2, 0.25) is 0 Å². The van der Waals surface area contributed by atoms with Gasteiger partial charge in [0.1, 0.15) is 5.75 Å². The first-order chi connectivity index (χ1) is 9.69. The second-order valence-corrected chi connectivity index (χ2v) is 6.08. The fourth-order valence-electron chi connectivity index (χ4n) is 2.11. The van der Waals surface area contributed by atoms with Crippen molar-refractivity contribution in [3.63, 3.8) is 0 Å². The van der Waals surface area contributed by atoms with Gasteiger partial charge in [-0.15, -0.1) is 5.10 Å². The highest BCUT2D eigenvalue weighted by Gasteiger charge is 2.18. The molecule has 1 atom stereocenters. The molecule has 1 unspecified atom stereocenters. The molecule has 0 fully saturated rings. The zero-order chi connectivity index (χ0) is 14.5. The number of nitrogens with one attached hydrogen (secondary N) is 1. The SMILES string of the molecule is CCc1nnsc1C(Cc1cc(OC)ccc1Br)NC. The fraction of sp³-hybridized carbons (Fsp3) is 0.429. The Morgan fingerprint density at radius 3 is 2.90 bits per heavy atom. The second kappa shape index (κ2) is 7.15. The van der Waals surface area contributed by atoms with Crippen LogP contribution in [0.25, 0.3) is 0 Å². The van der Waals surface area contributed by atoms with Crippen molar-refractivity contribution in [2.24, 2.45) is 0 Å². The predicted molar refractivity (Wildman–Crippen MR) is 85.5 cm³/mol. The van der Waals surface area contributed by atoms with Crippen LogP contribution in [0.3, 0.4) is 0 Å². The molecule has 2 rings (SSSR count). The van der Waals surface area contributed by atoms with Gasteiger partial charge in [-0.05, 0) is 55.2 Å². The maximum Gasteiger partial charge on any atom is 0.119 e. The molecular weight excluding hydrogens is 338 g/mol. The van der Waals surface area contributed by atoms with Crippen molar-refractivity contribution in [2.75, 3.05) is 14.2 Å². The fourth-order valence-corrected chi connectivity index (χ4v) is 3.36. The van der Waals surface area contributed by atoms with E-state index in [0.29, 0.717) is 0 Å². The van der Waals surface area contributed by atoms with Crippen LogP contribution >= 0.6 is 27.5 Å². The summed E-state index contributed by atoms with van der Waals surface area (Å²) in [5.41, 5.74) is 2.28. The van der Waals surface area contributed by atoms with Gasteiger partial charge in [-0.1, -0.05) is 27.3 Å². The summed E-state index contributed by atoms with van der Waals surface area (Å²) in [6.07, 6.45) is 1.77. The molecule has 20 heavy (non-hydrogen) atoms. The summed E-state index contributed by atoms with van der Waals surface area (Å²) >= 11 is 5.08. The number of aryl methyl sites for hydroxylation is 1. The highest BCUT2D eigenvalue weighted by atomic mass is 79.9. The molecule has 1 aromatic carbocycles. The average Bonchev–Trinajstić information content (AvgIpc) is 2.94. The lowest BCUT2D eigenvalue weighted by Crippen LogP contribution is -2.19. The standard InChI is InChI=1S/C14H18BrN3OS/c1-4-12-14(20-18-17-12)13(16-2)8-9-7-10(19-3)5-6-11(9)15/h5-7,13,16H,4,8H2,1-3H3. The van der Waals surface area contributed by atoms with E-state index >= 15 is 0 Å². The Bertz CT molecular complexity index is 573. The topological polar surface area (TPSA) is 47.0 Å². The third kappa shape index (κ3) is 3.37. The van der Waals surface area contributed by atoms with E-state index in [4.69, 9.17) is 4.74 Å². The molecule has 0 aliphatic heterocycles. The summed E-state index contributed by atoms with van der Waals surface area (Å²) in [5.74, 6) is 0.871. The molecule has 2 aromatic rings. The molecule has 108 valence electrons. The van der Waals surface area contributed by atoms with Gasteiger partial charge < -0.3 is 10.1 Å². The smallest absolute Gasteiger partial charge is 0.119 e. The number of hydrogen-bond acceptors (Lipinski definition) is 5. The Labute approximate surface area is 131 Å². The largest absolute Gasteiger partial charge is 0.497 e. The van der Waals surface area contributed by atoms with Gasteiger partial charge in [-0.25, -0.2) is 0 Å². The lowest BCUT2D eigenvalue weighted by atomic mass is 10.0. The van der Waals surface area contributed by atoms with E-state index in [-0.39, 0.29) is 6.04 Å². The maximum absolute atomic E-state index is 5.30. The lowest BCUT2D eigenvalue weighted by molar-refractivity contribution is 0.414. The number of rotatable bonds is 6. The number of aromatic nitrogens is 2. The van der Waals surface area contributed by atoms with Crippen molar-refractivity contribution in [1.82, 2.24) is 14.9 Å². The van der Waals surface area contributed by atoms with Crippen molar-refractivity contribution in [1.29, 1.82) is 0 Å². The Morgan fingerprint density at radius 2 is 2.25 bits per heavy atom. The Balaban J connectivity index is 2.26. The third-order valence-corrected chi connectivity index (χ3v) is 4.92. The van der Waals surface area contributed by atoms with E-state index in [0.717, 1.165) is 28.8 Å². The lowest BCUT2D eigenvalue weighted by Gasteiger charge is -2.16. The molecule has 0 bridgehead atoms. The molecular formula is C14H18BrN3OS. The number of halogens is 1. The van der Waals surface area contributed by atoms with E-state index in [1.165, 1.54) is 22.0 Å². The van der Waals surface area contributed by atoms with Crippen molar-refractivity contribution in [2.45, 2.75) is 25.8 Å². The minimum Gasteiger partial charge on any atom is -0.497 e. The molecule has 0 saturated carbocycles. The van der Waals surface area contributed by atoms with Crippen LogP contribution in [0.4, 0.5) is 0 Å². The van der Waals surface area contributed by atoms with E-state index in [2.05, 4.69) is 43.8 Å². The molecule has 4 nitrogen and oxygen atoms in total. The van der Waals surface area contributed by atoms with Gasteiger partial charge in [0.25, 0.3) is 0 Å². The van der Waals surface area contributed by atoms with E-state index in [1.54, 1.807) is 7.11 Å². The monoisotopic (exact) mass is 355 g/mol. The van der Waals surface area contributed by atoms with Crippen LogP contribution in [-0.4, -0.2) is 23.7 Å². The first-order valence-electron chi connectivity index (χ1n) is 6.50. The molecule has 0 saturated heterocycles. The van der Waals surface area contributed by atoms with Gasteiger partial charge in [-0.2, -0.15) is 0 Å². The minimum absolute atomic E-state index is 0.216. The quantitative estimate of drug-likeness (QED) is 0.862. The number of likely N-dealkylation sites (N-methyl/N-ethyl adjacent to an activating group) is 1. The third-order valence-electron chi connectivity index (χ3n) is 3.26. The Hall–Kier alpha value is -0.980. The van der Waals surface area contributed by atoms with Crippen LogP contribution in [0, 0.1) is 0 Å². The van der Waals surface area contributed by atoms with Crippen molar-refractivity contribution in [3.05, 3.63) is 38.8 Å². The van der Waals surface area contributed by atoms with E-state index < -0.39 is 0 Å². The first kappa shape index (κ1) is 15.4.